The molecule has 138 valence electrons. The summed E-state index contributed by atoms with van der Waals surface area (Å²) in [4.78, 5) is 18.5. The second-order valence-corrected chi connectivity index (χ2v) is 6.52. The quantitative estimate of drug-likeness (QED) is 0.703. The number of benzene rings is 2. The largest absolute Gasteiger partial charge is 0.497 e. The van der Waals surface area contributed by atoms with Crippen molar-refractivity contribution in [2.24, 2.45) is 0 Å². The molecule has 1 saturated heterocycles. The third-order valence-corrected chi connectivity index (χ3v) is 4.73. The fourth-order valence-electron chi connectivity index (χ4n) is 3.26. The van der Waals surface area contributed by atoms with Crippen molar-refractivity contribution in [2.75, 3.05) is 18.6 Å². The van der Waals surface area contributed by atoms with Crippen molar-refractivity contribution in [3.05, 3.63) is 59.7 Å². The Hall–Kier alpha value is -3.22. The average Bonchev–Trinajstić information content (AvgIpc) is 3.29. The van der Waals surface area contributed by atoms with E-state index in [9.17, 15) is 9.18 Å². The lowest BCUT2D eigenvalue weighted by molar-refractivity contribution is -0.117. The number of carbonyl (C=O) groups excluding carboxylic acids is 1. The molecule has 1 aliphatic rings. The van der Waals surface area contributed by atoms with Crippen LogP contribution in [0.2, 0.25) is 0 Å². The van der Waals surface area contributed by atoms with Crippen LogP contribution < -0.4 is 9.64 Å². The fourth-order valence-corrected chi connectivity index (χ4v) is 3.26. The summed E-state index contributed by atoms with van der Waals surface area (Å²) in [5.74, 6) is 1.13. The Morgan fingerprint density at radius 2 is 2.00 bits per heavy atom. The van der Waals surface area contributed by atoms with Crippen molar-refractivity contribution in [2.45, 2.75) is 19.3 Å². The summed E-state index contributed by atoms with van der Waals surface area (Å²) in [5, 5.41) is 4.08. The van der Waals surface area contributed by atoms with Gasteiger partial charge in [0.15, 0.2) is 5.82 Å². The highest BCUT2D eigenvalue weighted by Crippen LogP contribution is 2.32. The molecule has 4 rings (SSSR count). The number of hydrogen-bond donors (Lipinski definition) is 0. The molecule has 1 amide bonds. The molecular weight excluding hydrogens is 349 g/mol. The first-order chi connectivity index (χ1) is 13.0. The first kappa shape index (κ1) is 17.2. The van der Waals surface area contributed by atoms with Gasteiger partial charge >= 0.3 is 0 Å². The van der Waals surface area contributed by atoms with Crippen molar-refractivity contribution in [1.82, 2.24) is 10.1 Å². The van der Waals surface area contributed by atoms with Gasteiger partial charge in [-0.25, -0.2) is 4.39 Å². The zero-order valence-corrected chi connectivity index (χ0v) is 15.0. The van der Waals surface area contributed by atoms with Gasteiger partial charge in [-0.05, 0) is 55.0 Å². The molecule has 7 heteroatoms. The minimum absolute atomic E-state index is 0.0430. The Morgan fingerprint density at radius 1 is 1.22 bits per heavy atom. The van der Waals surface area contributed by atoms with E-state index in [-0.39, 0.29) is 24.1 Å². The molecule has 0 spiro atoms. The maximum absolute atomic E-state index is 13.1. The van der Waals surface area contributed by atoms with E-state index in [4.69, 9.17) is 9.26 Å². The van der Waals surface area contributed by atoms with E-state index in [1.54, 1.807) is 24.1 Å². The molecule has 6 nitrogen and oxygen atoms in total. The molecule has 2 heterocycles. The number of anilines is 1. The first-order valence-electron chi connectivity index (χ1n) is 8.59. The number of carbonyl (C=O) groups is 1. The van der Waals surface area contributed by atoms with E-state index in [2.05, 4.69) is 10.1 Å². The Morgan fingerprint density at radius 3 is 2.70 bits per heavy atom. The van der Waals surface area contributed by atoms with Crippen LogP contribution in [0.4, 0.5) is 10.1 Å². The number of ether oxygens (including phenoxy) is 1. The van der Waals surface area contributed by atoms with Crippen LogP contribution in [-0.4, -0.2) is 29.7 Å². The molecule has 1 unspecified atom stereocenters. The molecule has 0 radical (unpaired) electrons. The highest BCUT2D eigenvalue weighted by Gasteiger charge is 2.34. The third kappa shape index (κ3) is 3.28. The number of nitrogens with zero attached hydrogens (tertiary/aromatic N) is 3. The molecule has 1 aromatic heterocycles. The number of aryl methyl sites for hydroxylation is 1. The number of halogens is 1. The van der Waals surface area contributed by atoms with Gasteiger partial charge in [0.2, 0.25) is 5.91 Å². The minimum atomic E-state index is -0.334. The molecule has 1 aliphatic heterocycles. The first-order valence-corrected chi connectivity index (χ1v) is 8.59. The molecule has 0 aliphatic carbocycles. The van der Waals surface area contributed by atoms with E-state index >= 15 is 0 Å². The summed E-state index contributed by atoms with van der Waals surface area (Å²) in [6.45, 7) is 2.38. The van der Waals surface area contributed by atoms with Crippen molar-refractivity contribution in [3.63, 3.8) is 0 Å². The van der Waals surface area contributed by atoms with Crippen LogP contribution in [0.25, 0.3) is 11.5 Å². The summed E-state index contributed by atoms with van der Waals surface area (Å²) in [7, 11) is 1.61. The van der Waals surface area contributed by atoms with Gasteiger partial charge in [0.1, 0.15) is 11.6 Å². The predicted molar refractivity (Wildman–Crippen MR) is 97.1 cm³/mol. The van der Waals surface area contributed by atoms with E-state index in [0.717, 1.165) is 16.9 Å². The maximum Gasteiger partial charge on any atom is 0.258 e. The van der Waals surface area contributed by atoms with Gasteiger partial charge in [0.25, 0.3) is 5.89 Å². The molecule has 0 saturated carbocycles. The van der Waals surface area contributed by atoms with Gasteiger partial charge in [-0.15, -0.1) is 0 Å². The van der Waals surface area contributed by atoms with Crippen LogP contribution in [-0.2, 0) is 4.79 Å². The molecule has 3 aromatic rings. The number of aromatic nitrogens is 2. The van der Waals surface area contributed by atoms with E-state index in [1.807, 2.05) is 25.1 Å². The van der Waals surface area contributed by atoms with Crippen molar-refractivity contribution in [1.29, 1.82) is 0 Å². The summed E-state index contributed by atoms with van der Waals surface area (Å²) < 4.78 is 23.8. The van der Waals surface area contributed by atoms with Gasteiger partial charge in [-0.3, -0.25) is 4.79 Å². The Bertz CT molecular complexity index is 984. The monoisotopic (exact) mass is 367 g/mol. The lowest BCUT2D eigenvalue weighted by atomic mass is 10.1. The van der Waals surface area contributed by atoms with Crippen LogP contribution in [0.1, 0.15) is 23.7 Å². The number of hydrogen-bond acceptors (Lipinski definition) is 5. The van der Waals surface area contributed by atoms with Crippen LogP contribution in [0.15, 0.2) is 47.0 Å². The van der Waals surface area contributed by atoms with Crippen molar-refractivity contribution < 1.29 is 18.4 Å². The van der Waals surface area contributed by atoms with Crippen molar-refractivity contribution in [3.8, 4) is 17.2 Å². The molecule has 2 aromatic carbocycles. The summed E-state index contributed by atoms with van der Waals surface area (Å²) >= 11 is 0. The molecule has 1 fully saturated rings. The third-order valence-electron chi connectivity index (χ3n) is 4.73. The maximum atomic E-state index is 13.1. The van der Waals surface area contributed by atoms with Crippen LogP contribution in [0.5, 0.6) is 5.75 Å². The van der Waals surface area contributed by atoms with E-state index in [0.29, 0.717) is 23.9 Å². The number of methoxy groups -OCH3 is 1. The lowest BCUT2D eigenvalue weighted by Crippen LogP contribution is -2.24. The summed E-state index contributed by atoms with van der Waals surface area (Å²) in [6.07, 6.45) is 0.290. The fraction of sp³-hybridized carbons (Fsp3) is 0.250. The van der Waals surface area contributed by atoms with Crippen molar-refractivity contribution >= 4 is 11.6 Å². The molecule has 0 N–H and O–H groups in total. The standard InChI is InChI=1S/C20H18FN3O3/c1-12-9-16(26-2)7-8-17(12)20-22-19(23-27-20)13-10-18(25)24(11-13)15-5-3-14(21)4-6-15/h3-9,13H,10-11H2,1-2H3. The Kier molecular flexibility index (Phi) is 4.35. The zero-order chi connectivity index (χ0) is 19.0. The highest BCUT2D eigenvalue weighted by atomic mass is 19.1. The molecule has 1 atom stereocenters. The average molecular weight is 367 g/mol. The second-order valence-electron chi connectivity index (χ2n) is 6.52. The summed E-state index contributed by atoms with van der Waals surface area (Å²) in [6, 6.07) is 11.5. The zero-order valence-electron chi connectivity index (χ0n) is 15.0. The van der Waals surface area contributed by atoms with Gasteiger partial charge in [0.05, 0.1) is 7.11 Å². The molecule has 0 bridgehead atoms. The second kappa shape index (κ2) is 6.83. The number of amides is 1. The number of rotatable bonds is 4. The topological polar surface area (TPSA) is 68.5 Å². The normalized spacial score (nSPS) is 16.8. The van der Waals surface area contributed by atoms with Gasteiger partial charge in [0, 0.05) is 30.1 Å². The molecular formula is C20H18FN3O3. The van der Waals surface area contributed by atoms with Crippen LogP contribution >= 0.6 is 0 Å². The SMILES string of the molecule is COc1ccc(-c2nc(C3CC(=O)N(c4ccc(F)cc4)C3)no2)c(C)c1. The predicted octanol–water partition coefficient (Wildman–Crippen LogP) is 3.71. The van der Waals surface area contributed by atoms with Gasteiger partial charge in [-0.2, -0.15) is 4.98 Å². The van der Waals surface area contributed by atoms with Crippen LogP contribution in [0.3, 0.4) is 0 Å². The van der Waals surface area contributed by atoms with Gasteiger partial charge < -0.3 is 14.2 Å². The van der Waals surface area contributed by atoms with E-state index < -0.39 is 0 Å². The molecule has 27 heavy (non-hydrogen) atoms. The summed E-state index contributed by atoms with van der Waals surface area (Å²) in [5.41, 5.74) is 2.45. The smallest absolute Gasteiger partial charge is 0.258 e. The highest BCUT2D eigenvalue weighted by molar-refractivity contribution is 5.96. The van der Waals surface area contributed by atoms with Crippen LogP contribution in [0, 0.1) is 12.7 Å². The van der Waals surface area contributed by atoms with Gasteiger partial charge in [-0.1, -0.05) is 5.16 Å². The lowest BCUT2D eigenvalue weighted by Gasteiger charge is -2.15. The van der Waals surface area contributed by atoms with E-state index in [1.165, 1.54) is 12.1 Å². The Labute approximate surface area is 155 Å². The Balaban J connectivity index is 1.55. The minimum Gasteiger partial charge on any atom is -0.497 e.